The number of methoxy groups -OCH3 is 1. The Morgan fingerprint density at radius 3 is 2.24 bits per heavy atom. The van der Waals surface area contributed by atoms with Gasteiger partial charge in [0.25, 0.3) is 0 Å². The van der Waals surface area contributed by atoms with Crippen molar-refractivity contribution in [3.63, 3.8) is 0 Å². The number of benzene rings is 1. The van der Waals surface area contributed by atoms with E-state index in [2.05, 4.69) is 68.0 Å². The number of hydrogen-bond donors (Lipinski definition) is 0. The summed E-state index contributed by atoms with van der Waals surface area (Å²) in [4.78, 5) is 0. The quantitative estimate of drug-likeness (QED) is 0.617. The average molecular weight is 371 g/mol. The molecule has 1 aromatic carbocycles. The lowest BCUT2D eigenvalue weighted by Gasteiger charge is -2.50. The zero-order chi connectivity index (χ0) is 15.9. The van der Waals surface area contributed by atoms with E-state index < -0.39 is 8.32 Å². The van der Waals surface area contributed by atoms with E-state index >= 15 is 0 Å². The van der Waals surface area contributed by atoms with Crippen LogP contribution < -0.4 is 4.74 Å². The standard InChI is InChI=1S/C17H27BrO2Si/c1-16(2,3)21(5,6)20-17(10-7-11-17)13-8-9-14(18)15(12-13)19-4/h8-9,12H,7,10-11H2,1-6H3. The summed E-state index contributed by atoms with van der Waals surface area (Å²) in [6.45, 7) is 11.6. The van der Waals surface area contributed by atoms with E-state index in [1.807, 2.05) is 0 Å². The highest BCUT2D eigenvalue weighted by Gasteiger charge is 2.48. The Labute approximate surface area is 138 Å². The fourth-order valence-electron chi connectivity index (χ4n) is 2.53. The van der Waals surface area contributed by atoms with Gasteiger partial charge in [0.1, 0.15) is 5.75 Å². The first-order chi connectivity index (χ1) is 9.61. The molecule has 0 amide bonds. The minimum atomic E-state index is -1.79. The van der Waals surface area contributed by atoms with Crippen LogP contribution in [0.25, 0.3) is 0 Å². The molecule has 0 N–H and O–H groups in total. The summed E-state index contributed by atoms with van der Waals surface area (Å²) in [6.07, 6.45) is 3.47. The van der Waals surface area contributed by atoms with Crippen LogP contribution in [-0.4, -0.2) is 15.4 Å². The zero-order valence-electron chi connectivity index (χ0n) is 14.0. The summed E-state index contributed by atoms with van der Waals surface area (Å²) < 4.78 is 13.3. The second-order valence-electron chi connectivity index (χ2n) is 7.56. The van der Waals surface area contributed by atoms with Gasteiger partial charge in [-0.3, -0.25) is 0 Å². The van der Waals surface area contributed by atoms with Gasteiger partial charge in [-0.05, 0) is 71.0 Å². The summed E-state index contributed by atoms with van der Waals surface area (Å²) in [5, 5.41) is 0.231. The highest BCUT2D eigenvalue weighted by molar-refractivity contribution is 9.10. The van der Waals surface area contributed by atoms with Crippen molar-refractivity contribution >= 4 is 24.2 Å². The third-order valence-electron chi connectivity index (χ3n) is 5.10. The molecule has 1 aliphatic carbocycles. The molecule has 2 rings (SSSR count). The van der Waals surface area contributed by atoms with Gasteiger partial charge in [-0.25, -0.2) is 0 Å². The Hall–Kier alpha value is -0.323. The zero-order valence-corrected chi connectivity index (χ0v) is 16.6. The van der Waals surface area contributed by atoms with Crippen molar-refractivity contribution in [3.8, 4) is 5.75 Å². The van der Waals surface area contributed by atoms with Crippen molar-refractivity contribution in [2.75, 3.05) is 7.11 Å². The summed E-state index contributed by atoms with van der Waals surface area (Å²) in [5.74, 6) is 0.887. The summed E-state index contributed by atoms with van der Waals surface area (Å²) in [5.41, 5.74) is 1.16. The summed E-state index contributed by atoms with van der Waals surface area (Å²) in [6, 6.07) is 6.39. The summed E-state index contributed by atoms with van der Waals surface area (Å²) >= 11 is 3.53. The monoisotopic (exact) mass is 370 g/mol. The van der Waals surface area contributed by atoms with Crippen molar-refractivity contribution in [1.29, 1.82) is 0 Å². The lowest BCUT2D eigenvalue weighted by molar-refractivity contribution is -0.0254. The molecule has 118 valence electrons. The van der Waals surface area contributed by atoms with Gasteiger partial charge in [0, 0.05) is 0 Å². The van der Waals surface area contributed by atoms with E-state index in [0.717, 1.165) is 23.1 Å². The molecular formula is C17H27BrO2Si. The molecule has 1 fully saturated rings. The van der Waals surface area contributed by atoms with E-state index in [4.69, 9.17) is 9.16 Å². The maximum atomic E-state index is 6.82. The first kappa shape index (κ1) is 17.0. The number of ether oxygens (including phenoxy) is 1. The largest absolute Gasteiger partial charge is 0.496 e. The molecule has 0 saturated heterocycles. The van der Waals surface area contributed by atoms with Crippen LogP contribution in [0.3, 0.4) is 0 Å². The van der Waals surface area contributed by atoms with Crippen LogP contribution >= 0.6 is 15.9 Å². The fourth-order valence-corrected chi connectivity index (χ4v) is 4.55. The second-order valence-corrected chi connectivity index (χ2v) is 13.1. The molecule has 0 aliphatic heterocycles. The van der Waals surface area contributed by atoms with Crippen LogP contribution in [0.2, 0.25) is 18.1 Å². The third-order valence-corrected chi connectivity index (χ3v) is 10.3. The Morgan fingerprint density at radius 1 is 1.19 bits per heavy atom. The molecule has 1 aliphatic rings. The van der Waals surface area contributed by atoms with Crippen LogP contribution in [-0.2, 0) is 10.0 Å². The first-order valence-corrected chi connectivity index (χ1v) is 11.4. The molecule has 0 bridgehead atoms. The van der Waals surface area contributed by atoms with Gasteiger partial charge in [-0.15, -0.1) is 0 Å². The van der Waals surface area contributed by atoms with E-state index in [0.29, 0.717) is 0 Å². The van der Waals surface area contributed by atoms with Gasteiger partial charge in [-0.2, -0.15) is 0 Å². The molecule has 0 spiro atoms. The maximum Gasteiger partial charge on any atom is 0.193 e. The van der Waals surface area contributed by atoms with Gasteiger partial charge < -0.3 is 9.16 Å². The Balaban J connectivity index is 2.34. The van der Waals surface area contributed by atoms with Crippen LogP contribution in [0.1, 0.15) is 45.6 Å². The lowest BCUT2D eigenvalue weighted by Crippen LogP contribution is -2.51. The Morgan fingerprint density at radius 2 is 1.81 bits per heavy atom. The molecule has 0 radical (unpaired) electrons. The van der Waals surface area contributed by atoms with Crippen molar-refractivity contribution < 1.29 is 9.16 Å². The van der Waals surface area contributed by atoms with E-state index in [-0.39, 0.29) is 10.6 Å². The molecule has 1 saturated carbocycles. The van der Waals surface area contributed by atoms with E-state index in [9.17, 15) is 0 Å². The molecule has 0 aromatic heterocycles. The minimum absolute atomic E-state index is 0.100. The third kappa shape index (κ3) is 3.22. The number of halogens is 1. The fraction of sp³-hybridized carbons (Fsp3) is 0.647. The van der Waals surface area contributed by atoms with Crippen LogP contribution in [0.5, 0.6) is 5.75 Å². The van der Waals surface area contributed by atoms with Gasteiger partial charge in [0.2, 0.25) is 0 Å². The topological polar surface area (TPSA) is 18.5 Å². The smallest absolute Gasteiger partial charge is 0.193 e. The maximum absolute atomic E-state index is 6.82. The predicted octanol–water partition coefficient (Wildman–Crippen LogP) is 5.86. The molecular weight excluding hydrogens is 344 g/mol. The SMILES string of the molecule is COc1cc(C2(O[Si](C)(C)C(C)(C)C)CCC2)ccc1Br. The highest BCUT2D eigenvalue weighted by Crippen LogP contribution is 2.51. The molecule has 1 aromatic rings. The molecule has 0 heterocycles. The van der Waals surface area contributed by atoms with Crippen LogP contribution in [0.15, 0.2) is 22.7 Å². The lowest BCUT2D eigenvalue weighted by atomic mass is 9.75. The van der Waals surface area contributed by atoms with Crippen LogP contribution in [0.4, 0.5) is 0 Å². The minimum Gasteiger partial charge on any atom is -0.496 e. The molecule has 0 unspecified atom stereocenters. The van der Waals surface area contributed by atoms with Crippen molar-refractivity contribution in [2.45, 2.75) is 63.8 Å². The first-order valence-electron chi connectivity index (χ1n) is 7.65. The molecule has 2 nitrogen and oxygen atoms in total. The molecule has 21 heavy (non-hydrogen) atoms. The van der Waals surface area contributed by atoms with Crippen molar-refractivity contribution in [3.05, 3.63) is 28.2 Å². The Kier molecular flexibility index (Phi) is 4.63. The predicted molar refractivity (Wildman–Crippen MR) is 94.5 cm³/mol. The van der Waals surface area contributed by atoms with Gasteiger partial charge >= 0.3 is 0 Å². The van der Waals surface area contributed by atoms with Crippen molar-refractivity contribution in [1.82, 2.24) is 0 Å². The molecule has 0 atom stereocenters. The second kappa shape index (κ2) is 5.71. The van der Waals surface area contributed by atoms with E-state index in [1.165, 1.54) is 12.0 Å². The van der Waals surface area contributed by atoms with Gasteiger partial charge in [0.05, 0.1) is 17.2 Å². The Bertz CT molecular complexity index is 516. The van der Waals surface area contributed by atoms with Crippen molar-refractivity contribution in [2.24, 2.45) is 0 Å². The van der Waals surface area contributed by atoms with Gasteiger partial charge in [-0.1, -0.05) is 26.8 Å². The average Bonchev–Trinajstić information content (AvgIpc) is 2.33. The van der Waals surface area contributed by atoms with E-state index in [1.54, 1.807) is 7.11 Å². The number of rotatable bonds is 4. The van der Waals surface area contributed by atoms with Crippen LogP contribution in [0, 0.1) is 0 Å². The van der Waals surface area contributed by atoms with Gasteiger partial charge in [0.15, 0.2) is 8.32 Å². The highest BCUT2D eigenvalue weighted by atomic mass is 79.9. The summed E-state index contributed by atoms with van der Waals surface area (Å²) in [7, 11) is -0.0722. The number of hydrogen-bond acceptors (Lipinski definition) is 2. The normalized spacial score (nSPS) is 18.2. The molecule has 4 heteroatoms.